The van der Waals surface area contributed by atoms with Crippen LogP contribution in [0.5, 0.6) is 5.75 Å². The largest absolute Gasteiger partial charge is 0.489 e. The second-order valence-electron chi connectivity index (χ2n) is 7.66. The number of hydrogen-bond donors (Lipinski definition) is 1. The second kappa shape index (κ2) is 10.0. The Balaban J connectivity index is 1.30. The number of nitrogens with one attached hydrogen (secondary N) is 1. The number of anilines is 1. The lowest BCUT2D eigenvalue weighted by Gasteiger charge is -2.10. The molecule has 0 fully saturated rings. The topological polar surface area (TPSA) is 108 Å². The maximum absolute atomic E-state index is 12.4. The maximum Gasteiger partial charge on any atom is 0.338 e. The van der Waals surface area contributed by atoms with Gasteiger partial charge in [0.1, 0.15) is 23.9 Å². The molecule has 34 heavy (non-hydrogen) atoms. The molecule has 0 aliphatic heterocycles. The fourth-order valence-corrected chi connectivity index (χ4v) is 3.30. The van der Waals surface area contributed by atoms with Crippen LogP contribution in [-0.4, -0.2) is 33.4 Å². The Morgan fingerprint density at radius 3 is 2.44 bits per heavy atom. The van der Waals surface area contributed by atoms with E-state index in [4.69, 9.17) is 14.0 Å². The van der Waals surface area contributed by atoms with Crippen LogP contribution in [0.4, 0.5) is 5.82 Å². The lowest BCUT2D eigenvalue weighted by atomic mass is 10.2. The summed E-state index contributed by atoms with van der Waals surface area (Å²) in [7, 11) is 0. The Labute approximate surface area is 196 Å². The van der Waals surface area contributed by atoms with Crippen LogP contribution < -0.4 is 10.1 Å². The predicted molar refractivity (Wildman–Crippen MR) is 124 cm³/mol. The second-order valence-corrected chi connectivity index (χ2v) is 7.66. The summed E-state index contributed by atoms with van der Waals surface area (Å²) in [4.78, 5) is 24.7. The van der Waals surface area contributed by atoms with E-state index in [-0.39, 0.29) is 0 Å². The molecule has 2 heterocycles. The molecule has 0 saturated heterocycles. The Hall–Kier alpha value is -4.40. The van der Waals surface area contributed by atoms with Gasteiger partial charge in [0.2, 0.25) is 0 Å². The average molecular weight is 460 g/mol. The van der Waals surface area contributed by atoms with Crippen LogP contribution in [0.1, 0.15) is 33.1 Å². The first-order valence-corrected chi connectivity index (χ1v) is 10.6. The van der Waals surface area contributed by atoms with Gasteiger partial charge in [-0.1, -0.05) is 23.4 Å². The minimum Gasteiger partial charge on any atom is -0.489 e. The number of benzene rings is 2. The highest BCUT2D eigenvalue weighted by Gasteiger charge is 2.14. The van der Waals surface area contributed by atoms with Gasteiger partial charge in [-0.25, -0.2) is 9.48 Å². The summed E-state index contributed by atoms with van der Waals surface area (Å²) in [6, 6.07) is 17.6. The van der Waals surface area contributed by atoms with Crippen LogP contribution in [0.3, 0.4) is 0 Å². The molecule has 174 valence electrons. The minimum absolute atomic E-state index is 0.308. The monoisotopic (exact) mass is 460 g/mol. The Kier molecular flexibility index (Phi) is 6.72. The number of hydrogen-bond acceptors (Lipinski definition) is 7. The summed E-state index contributed by atoms with van der Waals surface area (Å²) in [6.45, 7) is 5.38. The van der Waals surface area contributed by atoms with Gasteiger partial charge in [-0.05, 0) is 57.2 Å². The van der Waals surface area contributed by atoms with Crippen LogP contribution in [0.15, 0.2) is 65.2 Å². The molecule has 4 aromatic rings. The molecule has 0 atom stereocenters. The highest BCUT2D eigenvalue weighted by atomic mass is 16.5. The van der Waals surface area contributed by atoms with Crippen LogP contribution in [0.25, 0.3) is 5.69 Å². The Morgan fingerprint density at radius 1 is 1.03 bits per heavy atom. The zero-order chi connectivity index (χ0) is 24.1. The van der Waals surface area contributed by atoms with Gasteiger partial charge < -0.3 is 19.3 Å². The molecule has 9 heteroatoms. The molecule has 1 amide bonds. The molecule has 2 aromatic carbocycles. The quantitative estimate of drug-likeness (QED) is 0.393. The van der Waals surface area contributed by atoms with E-state index in [1.54, 1.807) is 35.0 Å². The van der Waals surface area contributed by atoms with Crippen LogP contribution in [0, 0.1) is 20.8 Å². The van der Waals surface area contributed by atoms with Crippen molar-refractivity contribution in [2.24, 2.45) is 0 Å². The summed E-state index contributed by atoms with van der Waals surface area (Å²) in [5, 5.41) is 11.0. The lowest BCUT2D eigenvalue weighted by Crippen LogP contribution is -2.22. The molecule has 9 nitrogen and oxygen atoms in total. The molecular formula is C25H24N4O5. The smallest absolute Gasteiger partial charge is 0.338 e. The van der Waals surface area contributed by atoms with E-state index < -0.39 is 18.5 Å². The number of carbonyl (C=O) groups is 2. The zero-order valence-electron chi connectivity index (χ0n) is 19.1. The molecule has 4 rings (SSSR count). The number of aryl methyl sites for hydroxylation is 3. The third kappa shape index (κ3) is 5.32. The van der Waals surface area contributed by atoms with Crippen molar-refractivity contribution in [1.82, 2.24) is 14.9 Å². The first-order chi connectivity index (χ1) is 16.4. The maximum atomic E-state index is 12.4. The third-order valence-electron chi connectivity index (χ3n) is 5.09. The number of amides is 1. The normalized spacial score (nSPS) is 10.7. The van der Waals surface area contributed by atoms with E-state index in [9.17, 15) is 9.59 Å². The van der Waals surface area contributed by atoms with E-state index in [2.05, 4.69) is 15.6 Å². The van der Waals surface area contributed by atoms with Crippen molar-refractivity contribution in [3.05, 3.63) is 88.9 Å². The van der Waals surface area contributed by atoms with Gasteiger partial charge in [0, 0.05) is 6.07 Å². The summed E-state index contributed by atoms with van der Waals surface area (Å²) < 4.78 is 17.6. The minimum atomic E-state index is -0.611. The number of ether oxygens (including phenoxy) is 2. The number of aromatic nitrogens is 3. The fourth-order valence-electron chi connectivity index (χ4n) is 3.30. The first kappa shape index (κ1) is 22.8. The van der Waals surface area contributed by atoms with Crippen LogP contribution in [-0.2, 0) is 16.1 Å². The molecular weight excluding hydrogens is 436 g/mol. The van der Waals surface area contributed by atoms with Crippen LogP contribution >= 0.6 is 0 Å². The zero-order valence-corrected chi connectivity index (χ0v) is 19.1. The van der Waals surface area contributed by atoms with Gasteiger partial charge in [0.25, 0.3) is 5.91 Å². The average Bonchev–Trinajstić information content (AvgIpc) is 3.37. The van der Waals surface area contributed by atoms with Crippen LogP contribution in [0.2, 0.25) is 0 Å². The molecule has 0 spiro atoms. The number of esters is 1. The molecule has 0 radical (unpaired) electrons. The van der Waals surface area contributed by atoms with E-state index >= 15 is 0 Å². The van der Waals surface area contributed by atoms with Gasteiger partial charge in [-0.2, -0.15) is 5.10 Å². The van der Waals surface area contributed by atoms with Crippen molar-refractivity contribution >= 4 is 17.7 Å². The fraction of sp³-hybridized carbons (Fsp3) is 0.200. The summed E-state index contributed by atoms with van der Waals surface area (Å²) in [6.07, 6.45) is 0. The SMILES string of the molecule is Cc1cc(NC(=O)COC(=O)c2ccc(OCc3c(C)noc3C)cc2)n(-c2ccccc2)n1. The van der Waals surface area contributed by atoms with E-state index in [1.165, 1.54) is 0 Å². The summed E-state index contributed by atoms with van der Waals surface area (Å²) >= 11 is 0. The van der Waals surface area contributed by atoms with E-state index in [1.807, 2.05) is 51.1 Å². The molecule has 0 bridgehead atoms. The molecule has 0 aliphatic rings. The predicted octanol–water partition coefficient (Wildman–Crippen LogP) is 4.16. The number of carbonyl (C=O) groups excluding carboxylic acids is 2. The van der Waals surface area contributed by atoms with Crippen molar-refractivity contribution in [3.63, 3.8) is 0 Å². The Morgan fingerprint density at radius 2 is 1.76 bits per heavy atom. The highest BCUT2D eigenvalue weighted by molar-refractivity contribution is 5.95. The highest BCUT2D eigenvalue weighted by Crippen LogP contribution is 2.19. The van der Waals surface area contributed by atoms with Gasteiger partial charge in [-0.3, -0.25) is 4.79 Å². The van der Waals surface area contributed by atoms with Crippen molar-refractivity contribution < 1.29 is 23.6 Å². The van der Waals surface area contributed by atoms with Gasteiger partial charge in [0.05, 0.1) is 28.2 Å². The van der Waals surface area contributed by atoms with Crippen molar-refractivity contribution in [2.45, 2.75) is 27.4 Å². The van der Waals surface area contributed by atoms with Gasteiger partial charge >= 0.3 is 5.97 Å². The number of rotatable bonds is 8. The molecule has 0 saturated carbocycles. The molecule has 2 aromatic heterocycles. The first-order valence-electron chi connectivity index (χ1n) is 10.6. The lowest BCUT2D eigenvalue weighted by molar-refractivity contribution is -0.119. The Bertz CT molecular complexity index is 1270. The van der Waals surface area contributed by atoms with Crippen molar-refractivity contribution in [3.8, 4) is 11.4 Å². The standard InChI is InChI=1S/C25H24N4O5/c1-16-13-23(29(27-16)20-7-5-4-6-8-20)26-24(30)15-33-25(31)19-9-11-21(12-10-19)32-14-22-17(2)28-34-18(22)3/h4-13H,14-15H2,1-3H3,(H,26,30). The van der Waals surface area contributed by atoms with E-state index in [0.29, 0.717) is 29.5 Å². The van der Waals surface area contributed by atoms with Crippen molar-refractivity contribution in [1.29, 1.82) is 0 Å². The van der Waals surface area contributed by atoms with Gasteiger partial charge in [0.15, 0.2) is 6.61 Å². The van der Waals surface area contributed by atoms with E-state index in [0.717, 1.165) is 22.6 Å². The summed E-state index contributed by atoms with van der Waals surface area (Å²) in [5.74, 6) is 0.700. The molecule has 0 aliphatic carbocycles. The van der Waals surface area contributed by atoms with Gasteiger partial charge in [-0.15, -0.1) is 0 Å². The number of nitrogens with zero attached hydrogens (tertiary/aromatic N) is 3. The molecule has 1 N–H and O–H groups in total. The third-order valence-corrected chi connectivity index (χ3v) is 5.09. The molecule has 0 unspecified atom stereocenters. The summed E-state index contributed by atoms with van der Waals surface area (Å²) in [5.41, 5.74) is 3.52. The number of para-hydroxylation sites is 1. The van der Waals surface area contributed by atoms with Crippen molar-refractivity contribution in [2.75, 3.05) is 11.9 Å².